The van der Waals surface area contributed by atoms with E-state index in [1.807, 2.05) is 0 Å². The number of sulfonamides is 1. The first kappa shape index (κ1) is 25.9. The number of hydrogen-bond acceptors (Lipinski definition) is 4. The lowest BCUT2D eigenvalue weighted by Crippen LogP contribution is -2.47. The number of fused-ring (bicyclic) bond motifs is 1. The second-order valence-corrected chi connectivity index (χ2v) is 10.4. The predicted octanol–water partition coefficient (Wildman–Crippen LogP) is 5.19. The molecule has 0 unspecified atom stereocenters. The highest BCUT2D eigenvalue weighted by molar-refractivity contribution is 7.89. The minimum Gasteiger partial charge on any atom is -0.496 e. The van der Waals surface area contributed by atoms with Gasteiger partial charge in [0.2, 0.25) is 21.9 Å². The summed E-state index contributed by atoms with van der Waals surface area (Å²) >= 11 is 0. The molecule has 1 saturated carbocycles. The fourth-order valence-corrected chi connectivity index (χ4v) is 5.77. The van der Waals surface area contributed by atoms with Crippen LogP contribution in [0.1, 0.15) is 51.0 Å². The van der Waals surface area contributed by atoms with Crippen molar-refractivity contribution in [2.24, 2.45) is 0 Å². The first-order valence-electron chi connectivity index (χ1n) is 10.4. The van der Waals surface area contributed by atoms with E-state index in [0.29, 0.717) is 13.0 Å². The maximum Gasteiger partial charge on any atom is 0.420 e. The van der Waals surface area contributed by atoms with Gasteiger partial charge in [-0.2, -0.15) is 13.2 Å². The largest absolute Gasteiger partial charge is 0.496 e. The molecule has 188 valence electrons. The fourth-order valence-electron chi connectivity index (χ4n) is 4.30. The Balaban J connectivity index is 2.11. The highest BCUT2D eigenvalue weighted by Crippen LogP contribution is 2.45. The highest BCUT2D eigenvalue weighted by atomic mass is 32.2. The molecule has 5 nitrogen and oxygen atoms in total. The number of methoxy groups -OCH3 is 1. The number of nitrogens with zero attached hydrogens (tertiary/aromatic N) is 1. The SMILES string of the molecule is COc1cc2c(cc1C(F)(F)F)N(C1CCC(F)(F)CC1)C[C@@H](CCC(C)(F)F)NS2(=O)=O. The smallest absolute Gasteiger partial charge is 0.420 e. The first-order chi connectivity index (χ1) is 15.0. The van der Waals surface area contributed by atoms with E-state index < -0.39 is 75.6 Å². The third-order valence-corrected chi connectivity index (χ3v) is 7.53. The molecular weight excluding hydrogens is 481 g/mol. The Morgan fingerprint density at radius 3 is 2.27 bits per heavy atom. The highest BCUT2D eigenvalue weighted by Gasteiger charge is 2.43. The standard InChI is InChI=1S/C20H25F7N2O3S/c1-18(21,22)6-3-12-11-29(13-4-7-19(23,24)8-5-13)15-9-14(20(25,26)27)16(32-2)10-17(15)33(30,31)28-12/h9-10,12-13,28H,3-8,11H2,1-2H3/t12-/m1/s1. The summed E-state index contributed by atoms with van der Waals surface area (Å²) in [7, 11) is -3.46. The van der Waals surface area contributed by atoms with E-state index in [2.05, 4.69) is 4.72 Å². The van der Waals surface area contributed by atoms with Gasteiger partial charge in [-0.15, -0.1) is 0 Å². The molecule has 0 amide bonds. The zero-order chi connectivity index (χ0) is 24.8. The van der Waals surface area contributed by atoms with Crippen LogP contribution in [-0.2, 0) is 16.2 Å². The molecule has 1 fully saturated rings. The van der Waals surface area contributed by atoms with E-state index in [1.165, 1.54) is 4.90 Å². The number of halogens is 7. The van der Waals surface area contributed by atoms with Crippen molar-refractivity contribution in [3.05, 3.63) is 17.7 Å². The maximum atomic E-state index is 13.7. The topological polar surface area (TPSA) is 58.6 Å². The molecule has 0 spiro atoms. The normalized spacial score (nSPS) is 23.7. The summed E-state index contributed by atoms with van der Waals surface area (Å²) < 4.78 is 128. The molecule has 33 heavy (non-hydrogen) atoms. The van der Waals surface area contributed by atoms with Gasteiger partial charge in [-0.1, -0.05) is 0 Å². The zero-order valence-corrected chi connectivity index (χ0v) is 18.8. The third kappa shape index (κ3) is 6.03. The molecule has 1 aliphatic heterocycles. The first-order valence-corrected chi connectivity index (χ1v) is 11.8. The Hall–Kier alpha value is -1.76. The third-order valence-electron chi connectivity index (χ3n) is 5.98. The van der Waals surface area contributed by atoms with E-state index in [1.54, 1.807) is 0 Å². The minimum absolute atomic E-state index is 0.0868. The van der Waals surface area contributed by atoms with Crippen LogP contribution in [0, 0.1) is 0 Å². The van der Waals surface area contributed by atoms with Crippen LogP contribution in [0.3, 0.4) is 0 Å². The van der Waals surface area contributed by atoms with E-state index in [4.69, 9.17) is 4.74 Å². The van der Waals surface area contributed by atoms with Crippen molar-refractivity contribution in [2.75, 3.05) is 18.6 Å². The van der Waals surface area contributed by atoms with Gasteiger partial charge < -0.3 is 9.64 Å². The van der Waals surface area contributed by atoms with Crippen molar-refractivity contribution >= 4 is 15.7 Å². The van der Waals surface area contributed by atoms with Crippen molar-refractivity contribution in [2.45, 2.75) is 80.4 Å². The van der Waals surface area contributed by atoms with E-state index in [0.717, 1.165) is 13.2 Å². The lowest BCUT2D eigenvalue weighted by atomic mass is 9.90. The van der Waals surface area contributed by atoms with Crippen LogP contribution < -0.4 is 14.4 Å². The van der Waals surface area contributed by atoms with Gasteiger partial charge in [0.1, 0.15) is 10.6 Å². The van der Waals surface area contributed by atoms with Crippen LogP contribution in [0.2, 0.25) is 0 Å². The number of alkyl halides is 7. The van der Waals surface area contributed by atoms with Crippen LogP contribution in [0.4, 0.5) is 36.4 Å². The summed E-state index contributed by atoms with van der Waals surface area (Å²) in [6, 6.07) is -0.368. The Bertz CT molecular complexity index is 967. The summed E-state index contributed by atoms with van der Waals surface area (Å²) in [6.07, 6.45) is -7.03. The van der Waals surface area contributed by atoms with Gasteiger partial charge in [-0.3, -0.25) is 0 Å². The molecule has 1 atom stereocenters. The minimum atomic E-state index is -4.88. The van der Waals surface area contributed by atoms with Crippen molar-refractivity contribution in [1.29, 1.82) is 0 Å². The molecule has 0 radical (unpaired) electrons. The molecule has 1 heterocycles. The average Bonchev–Trinajstić information content (AvgIpc) is 2.78. The van der Waals surface area contributed by atoms with Crippen LogP contribution in [-0.4, -0.2) is 46.0 Å². The van der Waals surface area contributed by atoms with E-state index in [-0.39, 0.29) is 31.5 Å². The molecule has 1 aliphatic carbocycles. The van der Waals surface area contributed by atoms with E-state index in [9.17, 15) is 39.2 Å². The molecular formula is C20H25F7N2O3S. The van der Waals surface area contributed by atoms with Crippen molar-refractivity contribution in [3.63, 3.8) is 0 Å². The van der Waals surface area contributed by atoms with Crippen molar-refractivity contribution < 1.29 is 43.9 Å². The zero-order valence-electron chi connectivity index (χ0n) is 18.0. The number of benzene rings is 1. The van der Waals surface area contributed by atoms with Gasteiger partial charge in [0, 0.05) is 44.0 Å². The Labute approximate surface area is 187 Å². The quantitative estimate of drug-likeness (QED) is 0.559. The molecule has 1 N–H and O–H groups in total. The van der Waals surface area contributed by atoms with Gasteiger partial charge >= 0.3 is 6.18 Å². The second kappa shape index (κ2) is 8.79. The lowest BCUT2D eigenvalue weighted by molar-refractivity contribution is -0.138. The maximum absolute atomic E-state index is 13.7. The molecule has 0 bridgehead atoms. The van der Waals surface area contributed by atoms with Crippen LogP contribution >= 0.6 is 0 Å². The number of hydrogen-bond donors (Lipinski definition) is 1. The monoisotopic (exact) mass is 506 g/mol. The Morgan fingerprint density at radius 1 is 1.15 bits per heavy atom. The molecule has 1 aromatic rings. The van der Waals surface area contributed by atoms with Gasteiger partial charge in [-0.05, 0) is 32.3 Å². The van der Waals surface area contributed by atoms with Crippen molar-refractivity contribution in [3.8, 4) is 5.75 Å². The molecule has 0 saturated heterocycles. The van der Waals surface area contributed by atoms with Gasteiger partial charge in [0.15, 0.2) is 0 Å². The Kier molecular flexibility index (Phi) is 6.89. The number of rotatable bonds is 5. The molecule has 1 aromatic carbocycles. The van der Waals surface area contributed by atoms with Crippen LogP contribution in [0.15, 0.2) is 17.0 Å². The molecule has 0 aromatic heterocycles. The number of anilines is 1. The van der Waals surface area contributed by atoms with Crippen molar-refractivity contribution in [1.82, 2.24) is 4.72 Å². The Morgan fingerprint density at radius 2 is 1.76 bits per heavy atom. The van der Waals surface area contributed by atoms with E-state index >= 15 is 0 Å². The number of ether oxygens (including phenoxy) is 1. The van der Waals surface area contributed by atoms with Gasteiger partial charge in [0.05, 0.1) is 18.4 Å². The summed E-state index contributed by atoms with van der Waals surface area (Å²) in [6.45, 7) is 0.441. The van der Waals surface area contributed by atoms with Crippen LogP contribution in [0.5, 0.6) is 5.75 Å². The summed E-state index contributed by atoms with van der Waals surface area (Å²) in [5.41, 5.74) is -1.53. The summed E-state index contributed by atoms with van der Waals surface area (Å²) in [5, 5.41) is 0. The van der Waals surface area contributed by atoms with Gasteiger partial charge in [0.25, 0.3) is 0 Å². The summed E-state index contributed by atoms with van der Waals surface area (Å²) in [5.74, 6) is -6.73. The van der Waals surface area contributed by atoms with Crippen LogP contribution in [0.25, 0.3) is 0 Å². The summed E-state index contributed by atoms with van der Waals surface area (Å²) in [4.78, 5) is 0.824. The average molecular weight is 506 g/mol. The second-order valence-electron chi connectivity index (χ2n) is 8.68. The lowest BCUT2D eigenvalue weighted by Gasteiger charge is -2.39. The molecule has 3 rings (SSSR count). The molecule has 2 aliphatic rings. The molecule has 13 heteroatoms. The predicted molar refractivity (Wildman–Crippen MR) is 107 cm³/mol. The fraction of sp³-hybridized carbons (Fsp3) is 0.700. The van der Waals surface area contributed by atoms with Gasteiger partial charge in [-0.25, -0.2) is 30.7 Å². The number of nitrogens with one attached hydrogen (secondary N) is 1.